The zero-order valence-electron chi connectivity index (χ0n) is 20.0. The van der Waals surface area contributed by atoms with E-state index < -0.39 is 0 Å². The molecule has 0 saturated heterocycles. The number of hydrogen-bond acceptors (Lipinski definition) is 4. The number of hydrogen-bond donors (Lipinski definition) is 0. The van der Waals surface area contributed by atoms with Crippen LogP contribution in [0.3, 0.4) is 0 Å². The highest BCUT2D eigenvalue weighted by molar-refractivity contribution is 7.15. The van der Waals surface area contributed by atoms with Crippen LogP contribution in [0.4, 0.5) is 0 Å². The van der Waals surface area contributed by atoms with Crippen molar-refractivity contribution in [3.05, 3.63) is 87.5 Å². The maximum absolute atomic E-state index is 2.36. The van der Waals surface area contributed by atoms with Gasteiger partial charge in [0.15, 0.2) is 0 Å². The molecule has 0 radical (unpaired) electrons. The summed E-state index contributed by atoms with van der Waals surface area (Å²) in [6.07, 6.45) is 16.7. The number of fused-ring (bicyclic) bond motifs is 8. The third-order valence-corrected chi connectivity index (χ3v) is 11.1. The van der Waals surface area contributed by atoms with Crippen LogP contribution in [0.15, 0.2) is 48.5 Å². The SMILES string of the molecule is CCCCC1c2ccc(s2)/C=C/c2ccc(s2)C(CCCC)c2ccc(s2)/C=C/c2ccc1s2. The molecule has 0 unspecified atom stereocenters. The second kappa shape index (κ2) is 11.3. The third kappa shape index (κ3) is 5.57. The fourth-order valence-corrected chi connectivity index (χ4v) is 8.99. The van der Waals surface area contributed by atoms with Gasteiger partial charge >= 0.3 is 0 Å². The van der Waals surface area contributed by atoms with E-state index in [-0.39, 0.29) is 0 Å². The quantitative estimate of drug-likeness (QED) is 0.237. The van der Waals surface area contributed by atoms with Crippen LogP contribution in [0.1, 0.15) is 103 Å². The van der Waals surface area contributed by atoms with Gasteiger partial charge in [0.1, 0.15) is 0 Å². The number of thiophene rings is 4. The highest BCUT2D eigenvalue weighted by atomic mass is 32.1. The Morgan fingerprint density at radius 2 is 0.765 bits per heavy atom. The minimum atomic E-state index is 0.513. The van der Waals surface area contributed by atoms with Gasteiger partial charge in [0.05, 0.1) is 0 Å². The molecule has 1 aliphatic heterocycles. The van der Waals surface area contributed by atoms with E-state index in [0.29, 0.717) is 11.8 Å². The summed E-state index contributed by atoms with van der Waals surface area (Å²) in [7, 11) is 0. The first kappa shape index (κ1) is 24.0. The summed E-state index contributed by atoms with van der Waals surface area (Å²) in [5, 5.41) is 0. The monoisotopic (exact) mass is 520 g/mol. The van der Waals surface area contributed by atoms with Gasteiger partial charge in [-0.05, 0) is 85.7 Å². The van der Waals surface area contributed by atoms with E-state index >= 15 is 0 Å². The van der Waals surface area contributed by atoms with Crippen molar-refractivity contribution in [2.45, 2.75) is 64.2 Å². The highest BCUT2D eigenvalue weighted by Crippen LogP contribution is 2.41. The van der Waals surface area contributed by atoms with Crippen molar-refractivity contribution in [3.63, 3.8) is 0 Å². The molecular formula is C30H32S4. The Morgan fingerprint density at radius 3 is 1.03 bits per heavy atom. The lowest BCUT2D eigenvalue weighted by molar-refractivity contribution is 0.664. The van der Waals surface area contributed by atoms with Crippen LogP contribution in [0.25, 0.3) is 24.3 Å². The number of unbranched alkanes of at least 4 members (excludes halogenated alkanes) is 2. The van der Waals surface area contributed by atoms with Crippen molar-refractivity contribution in [3.8, 4) is 0 Å². The van der Waals surface area contributed by atoms with Crippen LogP contribution in [-0.2, 0) is 0 Å². The molecule has 0 atom stereocenters. The summed E-state index contributed by atoms with van der Waals surface area (Å²) in [6.45, 7) is 4.59. The van der Waals surface area contributed by atoms with E-state index in [9.17, 15) is 0 Å². The molecule has 8 bridgehead atoms. The molecule has 0 amide bonds. The second-order valence-corrected chi connectivity index (χ2v) is 13.6. The van der Waals surface area contributed by atoms with Gasteiger partial charge in [-0.25, -0.2) is 0 Å². The molecule has 0 aliphatic carbocycles. The van der Waals surface area contributed by atoms with Gasteiger partial charge in [-0.2, -0.15) is 0 Å². The van der Waals surface area contributed by atoms with Crippen LogP contribution in [-0.4, -0.2) is 0 Å². The van der Waals surface area contributed by atoms with Gasteiger partial charge in [0.25, 0.3) is 0 Å². The Hall–Kier alpha value is -1.72. The molecule has 34 heavy (non-hydrogen) atoms. The summed E-state index contributed by atoms with van der Waals surface area (Å²) in [4.78, 5) is 11.4. The molecule has 5 rings (SSSR count). The second-order valence-electron chi connectivity index (χ2n) is 9.02. The maximum atomic E-state index is 2.36. The Labute approximate surface area is 220 Å². The van der Waals surface area contributed by atoms with Crippen molar-refractivity contribution in [1.82, 2.24) is 0 Å². The van der Waals surface area contributed by atoms with Crippen LogP contribution in [0.5, 0.6) is 0 Å². The summed E-state index contributed by atoms with van der Waals surface area (Å²) in [5.74, 6) is 1.03. The average molecular weight is 521 g/mol. The molecule has 0 N–H and O–H groups in total. The lowest BCUT2D eigenvalue weighted by atomic mass is 9.98. The van der Waals surface area contributed by atoms with Gasteiger partial charge in [0, 0.05) is 50.9 Å². The molecule has 0 fully saturated rings. The number of rotatable bonds is 6. The lowest BCUT2D eigenvalue weighted by Crippen LogP contribution is -1.96. The molecule has 4 heteroatoms. The van der Waals surface area contributed by atoms with E-state index in [1.54, 1.807) is 0 Å². The predicted octanol–water partition coefficient (Wildman–Crippen LogP) is 11.2. The normalized spacial score (nSPS) is 19.5. The van der Waals surface area contributed by atoms with Gasteiger partial charge in [-0.1, -0.05) is 39.5 Å². The summed E-state index contributed by atoms with van der Waals surface area (Å²) < 4.78 is 0. The smallest absolute Gasteiger partial charge is 0.0278 e. The van der Waals surface area contributed by atoms with Crippen LogP contribution in [0, 0.1) is 0 Å². The molecule has 4 aromatic rings. The van der Waals surface area contributed by atoms with Crippen molar-refractivity contribution in [1.29, 1.82) is 0 Å². The van der Waals surface area contributed by atoms with Crippen LogP contribution < -0.4 is 0 Å². The summed E-state index contributed by atoms with van der Waals surface area (Å²) >= 11 is 7.85. The fraction of sp³-hybridized carbons (Fsp3) is 0.333. The molecule has 0 spiro atoms. The predicted molar refractivity (Wildman–Crippen MR) is 158 cm³/mol. The van der Waals surface area contributed by atoms with Crippen molar-refractivity contribution < 1.29 is 0 Å². The Bertz CT molecular complexity index is 1070. The zero-order chi connectivity index (χ0) is 23.3. The lowest BCUT2D eigenvalue weighted by Gasteiger charge is -2.13. The van der Waals surface area contributed by atoms with Gasteiger partial charge < -0.3 is 0 Å². The molecule has 176 valence electrons. The van der Waals surface area contributed by atoms with E-state index in [0.717, 1.165) is 0 Å². The Morgan fingerprint density at radius 1 is 0.471 bits per heavy atom. The minimum Gasteiger partial charge on any atom is -0.140 e. The molecule has 4 aromatic heterocycles. The average Bonchev–Trinajstić information content (AvgIpc) is 3.65. The fourth-order valence-electron chi connectivity index (χ4n) is 4.58. The summed E-state index contributed by atoms with van der Waals surface area (Å²) in [6, 6.07) is 18.7. The van der Waals surface area contributed by atoms with E-state index in [2.05, 4.69) is 86.7 Å². The van der Waals surface area contributed by atoms with Crippen molar-refractivity contribution in [2.75, 3.05) is 0 Å². The van der Waals surface area contributed by atoms with E-state index in [1.165, 1.54) is 77.5 Å². The van der Waals surface area contributed by atoms with E-state index in [1.807, 2.05) is 45.3 Å². The Kier molecular flexibility index (Phi) is 8.01. The van der Waals surface area contributed by atoms with Gasteiger partial charge in [-0.15, -0.1) is 45.3 Å². The molecule has 0 saturated carbocycles. The van der Waals surface area contributed by atoms with E-state index in [4.69, 9.17) is 0 Å². The first-order valence-electron chi connectivity index (χ1n) is 12.5. The minimum absolute atomic E-state index is 0.513. The molecule has 0 aromatic carbocycles. The highest BCUT2D eigenvalue weighted by Gasteiger charge is 2.19. The Balaban J connectivity index is 1.55. The first-order valence-corrected chi connectivity index (χ1v) is 15.7. The zero-order valence-corrected chi connectivity index (χ0v) is 23.2. The maximum Gasteiger partial charge on any atom is 0.0278 e. The molecule has 0 nitrogen and oxygen atoms in total. The first-order chi connectivity index (χ1) is 16.7. The topological polar surface area (TPSA) is 0 Å². The molecule has 1 aliphatic rings. The van der Waals surface area contributed by atoms with Crippen molar-refractivity contribution in [2.24, 2.45) is 0 Å². The third-order valence-electron chi connectivity index (χ3n) is 6.48. The van der Waals surface area contributed by atoms with Crippen LogP contribution in [0.2, 0.25) is 0 Å². The molecule has 5 heterocycles. The largest absolute Gasteiger partial charge is 0.140 e. The standard InChI is InChI=1S/C30H32S4/c1-3-5-7-25-27-17-13-21(31-27)9-11-23-15-19-29(33-23)26(8-6-4-2)30-20-16-24(34-30)12-10-22-14-18-28(25)32-22/h9-20,25-26H,3-8H2,1-2H3/b11-9+,12-10+. The summed E-state index contributed by atoms with van der Waals surface area (Å²) in [5.41, 5.74) is 0. The van der Waals surface area contributed by atoms with Crippen molar-refractivity contribution >= 4 is 69.7 Å². The van der Waals surface area contributed by atoms with Gasteiger partial charge in [-0.3, -0.25) is 0 Å². The van der Waals surface area contributed by atoms with Gasteiger partial charge in [0.2, 0.25) is 0 Å². The molecular weight excluding hydrogens is 489 g/mol. The van der Waals surface area contributed by atoms with Crippen LogP contribution >= 0.6 is 45.3 Å².